The lowest BCUT2D eigenvalue weighted by Gasteiger charge is -2.01. The lowest BCUT2D eigenvalue weighted by Crippen LogP contribution is -2.20. The van der Waals surface area contributed by atoms with Gasteiger partial charge in [0.25, 0.3) is 5.91 Å². The van der Waals surface area contributed by atoms with E-state index in [1.807, 2.05) is 12.3 Å². The number of nitrogens with two attached hydrogens (primary N) is 1. The number of hydrogen-bond donors (Lipinski definition) is 2. The summed E-state index contributed by atoms with van der Waals surface area (Å²) in [6.45, 7) is 3.38. The SMILES string of the molecule is Cc1cc(NC(=O)CON=C(N)Cc2csc(C)n2)no1. The maximum absolute atomic E-state index is 11.5. The number of hydrogen-bond acceptors (Lipinski definition) is 7. The van der Waals surface area contributed by atoms with Crippen molar-refractivity contribution >= 4 is 28.9 Å². The summed E-state index contributed by atoms with van der Waals surface area (Å²) in [6.07, 6.45) is 0.383. The average Bonchev–Trinajstić information content (AvgIpc) is 2.98. The van der Waals surface area contributed by atoms with Crippen LogP contribution in [0.5, 0.6) is 0 Å². The smallest absolute Gasteiger partial charge is 0.266 e. The fraction of sp³-hybridized carbons (Fsp3) is 0.333. The lowest BCUT2D eigenvalue weighted by atomic mass is 10.3. The maximum Gasteiger partial charge on any atom is 0.266 e. The molecule has 0 unspecified atom stereocenters. The van der Waals surface area contributed by atoms with Crippen LogP contribution in [0.25, 0.3) is 0 Å². The van der Waals surface area contributed by atoms with Crippen molar-refractivity contribution in [3.8, 4) is 0 Å². The van der Waals surface area contributed by atoms with E-state index in [2.05, 4.69) is 20.6 Å². The van der Waals surface area contributed by atoms with Crippen LogP contribution in [-0.4, -0.2) is 28.5 Å². The van der Waals surface area contributed by atoms with Gasteiger partial charge in [0.1, 0.15) is 11.6 Å². The van der Waals surface area contributed by atoms with Crippen molar-refractivity contribution in [2.75, 3.05) is 11.9 Å². The molecule has 0 aromatic carbocycles. The van der Waals surface area contributed by atoms with Crippen molar-refractivity contribution in [1.29, 1.82) is 0 Å². The van der Waals surface area contributed by atoms with Gasteiger partial charge in [0.15, 0.2) is 12.4 Å². The summed E-state index contributed by atoms with van der Waals surface area (Å²) < 4.78 is 4.82. The maximum atomic E-state index is 11.5. The second-order valence-corrected chi connectivity index (χ2v) is 5.32. The molecule has 1 amide bonds. The number of anilines is 1. The first-order chi connectivity index (χ1) is 10.0. The van der Waals surface area contributed by atoms with Crippen molar-refractivity contribution in [2.24, 2.45) is 10.9 Å². The highest BCUT2D eigenvalue weighted by atomic mass is 32.1. The summed E-state index contributed by atoms with van der Waals surface area (Å²) in [5, 5.41) is 12.7. The van der Waals surface area contributed by atoms with Gasteiger partial charge in [0.2, 0.25) is 0 Å². The first-order valence-electron chi connectivity index (χ1n) is 6.11. The molecule has 9 heteroatoms. The van der Waals surface area contributed by atoms with Crippen LogP contribution in [-0.2, 0) is 16.1 Å². The van der Waals surface area contributed by atoms with Gasteiger partial charge in [-0.25, -0.2) is 4.98 Å². The number of oxime groups is 1. The van der Waals surface area contributed by atoms with Crippen LogP contribution >= 0.6 is 11.3 Å². The van der Waals surface area contributed by atoms with E-state index in [-0.39, 0.29) is 12.4 Å². The van der Waals surface area contributed by atoms with E-state index in [0.717, 1.165) is 10.7 Å². The molecule has 21 heavy (non-hydrogen) atoms. The van der Waals surface area contributed by atoms with Gasteiger partial charge in [0, 0.05) is 11.4 Å². The summed E-state index contributed by atoms with van der Waals surface area (Å²) >= 11 is 1.54. The molecule has 3 N–H and O–H groups in total. The molecule has 8 nitrogen and oxygen atoms in total. The largest absolute Gasteiger partial charge is 0.384 e. The number of nitrogens with one attached hydrogen (secondary N) is 1. The first-order valence-corrected chi connectivity index (χ1v) is 6.99. The highest BCUT2D eigenvalue weighted by Gasteiger charge is 2.07. The minimum absolute atomic E-state index is 0.255. The van der Waals surface area contributed by atoms with E-state index in [0.29, 0.717) is 18.0 Å². The zero-order valence-corrected chi connectivity index (χ0v) is 12.4. The van der Waals surface area contributed by atoms with Gasteiger partial charge in [-0.3, -0.25) is 4.79 Å². The molecular weight excluding hydrogens is 294 g/mol. The van der Waals surface area contributed by atoms with Crippen LogP contribution in [0, 0.1) is 13.8 Å². The molecule has 0 radical (unpaired) electrons. The predicted octanol–water partition coefficient (Wildman–Crippen LogP) is 1.22. The second kappa shape index (κ2) is 6.84. The molecule has 0 atom stereocenters. The van der Waals surface area contributed by atoms with E-state index in [9.17, 15) is 4.79 Å². The molecular formula is C12H15N5O3S. The number of thiazole rings is 1. The van der Waals surface area contributed by atoms with Crippen LogP contribution in [0.2, 0.25) is 0 Å². The summed E-state index contributed by atoms with van der Waals surface area (Å²) in [4.78, 5) is 20.7. The van der Waals surface area contributed by atoms with Crippen LogP contribution in [0.4, 0.5) is 5.82 Å². The van der Waals surface area contributed by atoms with E-state index in [1.54, 1.807) is 13.0 Å². The van der Waals surface area contributed by atoms with Crippen molar-refractivity contribution in [1.82, 2.24) is 10.1 Å². The van der Waals surface area contributed by atoms with Crippen molar-refractivity contribution in [2.45, 2.75) is 20.3 Å². The normalized spacial score (nSPS) is 11.4. The van der Waals surface area contributed by atoms with Crippen molar-refractivity contribution < 1.29 is 14.2 Å². The van der Waals surface area contributed by atoms with Gasteiger partial charge in [0.05, 0.1) is 17.1 Å². The molecule has 2 rings (SSSR count). The third-order valence-corrected chi connectivity index (χ3v) is 3.12. The van der Waals surface area contributed by atoms with Gasteiger partial charge < -0.3 is 20.4 Å². The van der Waals surface area contributed by atoms with Gasteiger partial charge in [-0.2, -0.15) is 0 Å². The third-order valence-electron chi connectivity index (χ3n) is 2.30. The number of amides is 1. The number of carbonyl (C=O) groups is 1. The molecule has 0 saturated carbocycles. The Labute approximate surface area is 125 Å². The Morgan fingerprint density at radius 3 is 3.00 bits per heavy atom. The zero-order chi connectivity index (χ0) is 15.2. The van der Waals surface area contributed by atoms with Gasteiger partial charge in [-0.15, -0.1) is 11.3 Å². The highest BCUT2D eigenvalue weighted by Crippen LogP contribution is 2.08. The zero-order valence-electron chi connectivity index (χ0n) is 11.6. The Kier molecular flexibility index (Phi) is 4.88. The van der Waals surface area contributed by atoms with Gasteiger partial charge in [-0.1, -0.05) is 10.3 Å². The molecule has 0 spiro atoms. The fourth-order valence-electron chi connectivity index (χ4n) is 1.49. The fourth-order valence-corrected chi connectivity index (χ4v) is 2.10. The summed E-state index contributed by atoms with van der Waals surface area (Å²) in [5.74, 6) is 0.790. The second-order valence-electron chi connectivity index (χ2n) is 4.26. The van der Waals surface area contributed by atoms with Crippen molar-refractivity contribution in [3.63, 3.8) is 0 Å². The quantitative estimate of drug-likeness (QED) is 0.471. The van der Waals surface area contributed by atoms with E-state index < -0.39 is 5.91 Å². The first kappa shape index (κ1) is 15.0. The summed E-state index contributed by atoms with van der Waals surface area (Å²) in [7, 11) is 0. The molecule has 2 aromatic rings. The standard InChI is InChI=1S/C12H15N5O3S/c1-7-3-11(17-20-7)15-12(18)5-19-16-10(13)4-9-6-21-8(2)14-9/h3,6H,4-5H2,1-2H3,(H2,13,16)(H,15,17,18). The Morgan fingerprint density at radius 2 is 2.38 bits per heavy atom. The number of aryl methyl sites for hydroxylation is 2. The molecule has 0 saturated heterocycles. The Bertz CT molecular complexity index is 649. The lowest BCUT2D eigenvalue weighted by molar-refractivity contribution is -0.120. The van der Waals surface area contributed by atoms with Crippen LogP contribution < -0.4 is 11.1 Å². The van der Waals surface area contributed by atoms with Gasteiger partial charge in [-0.05, 0) is 13.8 Å². The Hall–Kier alpha value is -2.42. The number of nitrogens with zero attached hydrogens (tertiary/aromatic N) is 3. The molecule has 0 aliphatic carbocycles. The van der Waals surface area contributed by atoms with Crippen LogP contribution in [0.15, 0.2) is 21.1 Å². The number of rotatable bonds is 6. The third kappa shape index (κ3) is 4.88. The van der Waals surface area contributed by atoms with E-state index in [1.165, 1.54) is 11.3 Å². The molecule has 0 aliphatic rings. The summed E-state index contributed by atoms with van der Waals surface area (Å²) in [6, 6.07) is 1.60. The number of aromatic nitrogens is 2. The molecule has 2 heterocycles. The monoisotopic (exact) mass is 309 g/mol. The van der Waals surface area contributed by atoms with Gasteiger partial charge >= 0.3 is 0 Å². The van der Waals surface area contributed by atoms with Crippen LogP contribution in [0.1, 0.15) is 16.5 Å². The predicted molar refractivity (Wildman–Crippen MR) is 78.0 cm³/mol. The van der Waals surface area contributed by atoms with Crippen molar-refractivity contribution in [3.05, 3.63) is 27.9 Å². The molecule has 0 bridgehead atoms. The highest BCUT2D eigenvalue weighted by molar-refractivity contribution is 7.09. The minimum atomic E-state index is -0.399. The number of amidine groups is 1. The Morgan fingerprint density at radius 1 is 1.57 bits per heavy atom. The molecule has 0 aliphatic heterocycles. The average molecular weight is 309 g/mol. The summed E-state index contributed by atoms with van der Waals surface area (Å²) in [5.41, 5.74) is 6.51. The topological polar surface area (TPSA) is 116 Å². The molecule has 2 aromatic heterocycles. The Balaban J connectivity index is 1.74. The minimum Gasteiger partial charge on any atom is -0.384 e. The molecule has 0 fully saturated rings. The molecule has 112 valence electrons. The van der Waals surface area contributed by atoms with E-state index >= 15 is 0 Å². The van der Waals surface area contributed by atoms with Crippen LogP contribution in [0.3, 0.4) is 0 Å². The van der Waals surface area contributed by atoms with E-state index in [4.69, 9.17) is 15.1 Å². The number of carbonyl (C=O) groups excluding carboxylic acids is 1.